The van der Waals surface area contributed by atoms with Crippen LogP contribution >= 0.6 is 0 Å². The highest BCUT2D eigenvalue weighted by Gasteiger charge is 2.33. The van der Waals surface area contributed by atoms with Crippen molar-refractivity contribution in [3.63, 3.8) is 0 Å². The third-order valence-corrected chi connectivity index (χ3v) is 7.22. The number of hydrogen-bond donors (Lipinski definition) is 2. The summed E-state index contributed by atoms with van der Waals surface area (Å²) in [5.74, 6) is -0.0474. The molecule has 1 saturated heterocycles. The molecular weight excluding hydrogens is 338 g/mol. The number of sulfonamides is 1. The molecule has 2 rings (SSSR count). The number of carbonyl (C=O) groups is 1. The highest BCUT2D eigenvalue weighted by molar-refractivity contribution is 7.89. The van der Waals surface area contributed by atoms with Gasteiger partial charge in [-0.15, -0.1) is 0 Å². The van der Waals surface area contributed by atoms with E-state index < -0.39 is 15.4 Å². The van der Waals surface area contributed by atoms with Gasteiger partial charge in [0.1, 0.15) is 0 Å². The van der Waals surface area contributed by atoms with Crippen LogP contribution in [0.1, 0.15) is 45.1 Å². The third kappa shape index (κ3) is 4.22. The van der Waals surface area contributed by atoms with Crippen LogP contribution in [0.5, 0.6) is 0 Å². The molecule has 140 valence electrons. The molecule has 1 aliphatic heterocycles. The molecule has 1 aromatic carbocycles. The summed E-state index contributed by atoms with van der Waals surface area (Å²) in [6, 6.07) is 6.74. The van der Waals surface area contributed by atoms with Gasteiger partial charge in [0.2, 0.25) is 15.9 Å². The van der Waals surface area contributed by atoms with E-state index in [-0.39, 0.29) is 5.91 Å². The van der Waals surface area contributed by atoms with Gasteiger partial charge in [0.15, 0.2) is 0 Å². The highest BCUT2D eigenvalue weighted by atomic mass is 32.2. The molecule has 1 amide bonds. The average Bonchev–Trinajstić information content (AvgIpc) is 3.18. The fraction of sp³-hybridized carbons (Fsp3) is 0.611. The van der Waals surface area contributed by atoms with E-state index in [0.717, 1.165) is 18.4 Å². The lowest BCUT2D eigenvalue weighted by molar-refractivity contribution is -0.131. The summed E-state index contributed by atoms with van der Waals surface area (Å²) in [6.07, 6.45) is 3.22. The van der Waals surface area contributed by atoms with Crippen LogP contribution in [0.4, 0.5) is 0 Å². The molecule has 0 aliphatic carbocycles. The molecular formula is C18H29N3O3S. The van der Waals surface area contributed by atoms with Gasteiger partial charge >= 0.3 is 0 Å². The number of benzene rings is 1. The van der Waals surface area contributed by atoms with Crippen molar-refractivity contribution in [2.45, 2.75) is 51.0 Å². The van der Waals surface area contributed by atoms with Gasteiger partial charge < -0.3 is 11.1 Å². The Morgan fingerprint density at radius 3 is 2.20 bits per heavy atom. The Bertz CT molecular complexity index is 668. The summed E-state index contributed by atoms with van der Waals surface area (Å²) in [7, 11) is -3.39. The Kier molecular flexibility index (Phi) is 6.59. The van der Waals surface area contributed by atoms with Crippen molar-refractivity contribution >= 4 is 15.9 Å². The summed E-state index contributed by atoms with van der Waals surface area (Å²) in [5.41, 5.74) is 6.13. The van der Waals surface area contributed by atoms with Crippen LogP contribution in [-0.4, -0.2) is 38.3 Å². The predicted molar refractivity (Wildman–Crippen MR) is 98.4 cm³/mol. The van der Waals surface area contributed by atoms with Gasteiger partial charge in [0.05, 0.1) is 10.3 Å². The molecule has 0 bridgehead atoms. The monoisotopic (exact) mass is 367 g/mol. The lowest BCUT2D eigenvalue weighted by Crippen LogP contribution is -2.45. The van der Waals surface area contributed by atoms with Crippen molar-refractivity contribution in [2.75, 3.05) is 19.6 Å². The van der Waals surface area contributed by atoms with Gasteiger partial charge in [-0.25, -0.2) is 8.42 Å². The van der Waals surface area contributed by atoms with Crippen LogP contribution < -0.4 is 11.1 Å². The summed E-state index contributed by atoms with van der Waals surface area (Å²) in [6.45, 7) is 5.80. The van der Waals surface area contributed by atoms with E-state index >= 15 is 0 Å². The lowest BCUT2D eigenvalue weighted by Gasteiger charge is -2.28. The van der Waals surface area contributed by atoms with E-state index in [9.17, 15) is 13.2 Å². The minimum absolute atomic E-state index is 0.0474. The molecule has 1 heterocycles. The number of hydrogen-bond acceptors (Lipinski definition) is 4. The topological polar surface area (TPSA) is 92.5 Å². The first-order chi connectivity index (χ1) is 11.9. The average molecular weight is 368 g/mol. The zero-order chi connectivity index (χ0) is 18.5. The van der Waals surface area contributed by atoms with Crippen LogP contribution in [0.2, 0.25) is 0 Å². The normalized spacial score (nSPS) is 16.1. The standard InChI is InChI=1S/C18H29N3O3S/c1-3-18(4-2,14-19)17(22)20-13-15-7-9-16(10-8-15)25(23,24)21-11-5-6-12-21/h7-10H,3-6,11-14,19H2,1-2H3,(H,20,22). The second kappa shape index (κ2) is 8.29. The number of nitrogens with two attached hydrogens (primary N) is 1. The number of amides is 1. The van der Waals surface area contributed by atoms with E-state index in [1.165, 1.54) is 4.31 Å². The molecule has 0 radical (unpaired) electrons. The molecule has 1 aliphatic rings. The van der Waals surface area contributed by atoms with E-state index in [2.05, 4.69) is 5.32 Å². The van der Waals surface area contributed by atoms with E-state index in [4.69, 9.17) is 5.73 Å². The Morgan fingerprint density at radius 2 is 1.72 bits per heavy atom. The van der Waals surface area contributed by atoms with Gasteiger partial charge in [-0.3, -0.25) is 4.79 Å². The summed E-state index contributed by atoms with van der Waals surface area (Å²) >= 11 is 0. The van der Waals surface area contributed by atoms with Gasteiger partial charge in [-0.05, 0) is 43.4 Å². The Balaban J connectivity index is 2.02. The minimum Gasteiger partial charge on any atom is -0.352 e. The van der Waals surface area contributed by atoms with E-state index in [1.807, 2.05) is 13.8 Å². The number of rotatable bonds is 8. The summed E-state index contributed by atoms with van der Waals surface area (Å²) in [5, 5.41) is 2.93. The van der Waals surface area contributed by atoms with E-state index in [0.29, 0.717) is 43.9 Å². The molecule has 6 nitrogen and oxygen atoms in total. The first-order valence-electron chi connectivity index (χ1n) is 8.97. The largest absolute Gasteiger partial charge is 0.352 e. The first-order valence-corrected chi connectivity index (χ1v) is 10.4. The SMILES string of the molecule is CCC(CC)(CN)C(=O)NCc1ccc(S(=O)(=O)N2CCCC2)cc1. The molecule has 0 spiro atoms. The maximum atomic E-state index is 12.5. The molecule has 0 saturated carbocycles. The zero-order valence-electron chi connectivity index (χ0n) is 15.1. The summed E-state index contributed by atoms with van der Waals surface area (Å²) in [4.78, 5) is 12.7. The van der Waals surface area contributed by atoms with Crippen molar-refractivity contribution in [1.29, 1.82) is 0 Å². The molecule has 0 atom stereocenters. The first kappa shape index (κ1) is 19.9. The Hall–Kier alpha value is -1.44. The number of nitrogens with one attached hydrogen (secondary N) is 1. The number of nitrogens with zero attached hydrogens (tertiary/aromatic N) is 1. The van der Waals surface area contributed by atoms with E-state index in [1.54, 1.807) is 24.3 Å². The molecule has 25 heavy (non-hydrogen) atoms. The van der Waals surface area contributed by atoms with Crippen LogP contribution in [0, 0.1) is 5.41 Å². The second-order valence-electron chi connectivity index (χ2n) is 6.63. The molecule has 1 aromatic rings. The number of carbonyl (C=O) groups excluding carboxylic acids is 1. The molecule has 7 heteroatoms. The quantitative estimate of drug-likeness (QED) is 0.733. The van der Waals surface area contributed by atoms with Crippen LogP contribution in [0.15, 0.2) is 29.2 Å². The van der Waals surface area contributed by atoms with Gasteiger partial charge in [0.25, 0.3) is 0 Å². The van der Waals surface area contributed by atoms with Crippen molar-refractivity contribution in [3.05, 3.63) is 29.8 Å². The van der Waals surface area contributed by atoms with Crippen LogP contribution in [0.25, 0.3) is 0 Å². The van der Waals surface area contributed by atoms with Crippen LogP contribution in [-0.2, 0) is 21.4 Å². The van der Waals surface area contributed by atoms with Gasteiger partial charge in [-0.1, -0.05) is 26.0 Å². The third-order valence-electron chi connectivity index (χ3n) is 5.31. The maximum absolute atomic E-state index is 12.5. The molecule has 0 unspecified atom stereocenters. The minimum atomic E-state index is -3.39. The molecule has 3 N–H and O–H groups in total. The van der Waals surface area contributed by atoms with Gasteiger partial charge in [-0.2, -0.15) is 4.31 Å². The summed E-state index contributed by atoms with van der Waals surface area (Å²) < 4.78 is 26.5. The Labute approximate surface area is 150 Å². The smallest absolute Gasteiger partial charge is 0.243 e. The second-order valence-corrected chi connectivity index (χ2v) is 8.57. The van der Waals surface area contributed by atoms with Crippen molar-refractivity contribution in [3.8, 4) is 0 Å². The fourth-order valence-corrected chi connectivity index (χ4v) is 4.70. The van der Waals surface area contributed by atoms with Crippen molar-refractivity contribution < 1.29 is 13.2 Å². The fourth-order valence-electron chi connectivity index (χ4n) is 3.18. The lowest BCUT2D eigenvalue weighted by atomic mass is 9.81. The predicted octanol–water partition coefficient (Wildman–Crippen LogP) is 1.85. The van der Waals surface area contributed by atoms with Crippen molar-refractivity contribution in [2.24, 2.45) is 11.1 Å². The molecule has 1 fully saturated rings. The zero-order valence-corrected chi connectivity index (χ0v) is 15.9. The Morgan fingerprint density at radius 1 is 1.16 bits per heavy atom. The van der Waals surface area contributed by atoms with Crippen molar-refractivity contribution in [1.82, 2.24) is 9.62 Å². The highest BCUT2D eigenvalue weighted by Crippen LogP contribution is 2.25. The molecule has 0 aromatic heterocycles. The van der Waals surface area contributed by atoms with Gasteiger partial charge in [0, 0.05) is 26.2 Å². The maximum Gasteiger partial charge on any atom is 0.243 e. The van der Waals surface area contributed by atoms with Crippen LogP contribution in [0.3, 0.4) is 0 Å².